The van der Waals surface area contributed by atoms with E-state index in [4.69, 9.17) is 0 Å². The van der Waals surface area contributed by atoms with E-state index >= 15 is 0 Å². The summed E-state index contributed by atoms with van der Waals surface area (Å²) in [7, 11) is 0. The number of hydrogen-bond donors (Lipinski definition) is 2. The molecule has 6 heteroatoms. The van der Waals surface area contributed by atoms with E-state index in [2.05, 4.69) is 6.07 Å². The van der Waals surface area contributed by atoms with Gasteiger partial charge in [-0.25, -0.2) is 0 Å². The lowest BCUT2D eigenvalue weighted by atomic mass is 9.95. The molecule has 2 heterocycles. The van der Waals surface area contributed by atoms with E-state index in [0.717, 1.165) is 16.6 Å². The number of nitrogens with zero attached hydrogens (tertiary/aromatic N) is 3. The van der Waals surface area contributed by atoms with E-state index in [-0.39, 0.29) is 31.5 Å². The lowest BCUT2D eigenvalue weighted by Crippen LogP contribution is -2.48. The van der Waals surface area contributed by atoms with Gasteiger partial charge in [-0.2, -0.15) is 5.26 Å². The molecule has 126 valence electrons. The van der Waals surface area contributed by atoms with Crippen LogP contribution in [0.25, 0.3) is 10.9 Å². The highest BCUT2D eigenvalue weighted by Gasteiger charge is 2.30. The lowest BCUT2D eigenvalue weighted by Gasteiger charge is -2.35. The molecule has 24 heavy (non-hydrogen) atoms. The summed E-state index contributed by atoms with van der Waals surface area (Å²) in [5, 5.41) is 29.5. The maximum absolute atomic E-state index is 12.7. The Bertz CT molecular complexity index is 806. The molecule has 0 unspecified atom stereocenters. The summed E-state index contributed by atoms with van der Waals surface area (Å²) in [6.45, 7) is 2.71. The van der Waals surface area contributed by atoms with Gasteiger partial charge in [-0.05, 0) is 19.4 Å². The van der Waals surface area contributed by atoms with Crippen molar-refractivity contribution < 1.29 is 15.0 Å². The SMILES string of the molecule is Cc1c(C#N)c2ccccc2n1CC(=O)N1CC[C@H](CO)[C@H](O)C1. The third-order valence-electron chi connectivity index (χ3n) is 4.94. The molecule has 1 aromatic heterocycles. The number of carbonyl (C=O) groups excluding carboxylic acids is 1. The van der Waals surface area contributed by atoms with Crippen LogP contribution < -0.4 is 0 Å². The van der Waals surface area contributed by atoms with Crippen LogP contribution in [0.4, 0.5) is 0 Å². The standard InChI is InChI=1S/C18H21N3O3/c1-12-15(8-19)14-4-2-3-5-16(14)21(12)10-18(24)20-7-6-13(11-22)17(23)9-20/h2-5,13,17,22-23H,6-7,9-11H2,1H3/t13-,17-/m1/s1. The van der Waals surface area contributed by atoms with Crippen LogP contribution in [0, 0.1) is 24.2 Å². The van der Waals surface area contributed by atoms with Crippen molar-refractivity contribution in [1.82, 2.24) is 9.47 Å². The molecule has 0 radical (unpaired) electrons. The number of amides is 1. The minimum absolute atomic E-state index is 0.0595. The predicted octanol–water partition coefficient (Wildman–Crippen LogP) is 1.02. The Hall–Kier alpha value is -2.36. The van der Waals surface area contributed by atoms with Crippen molar-refractivity contribution in [1.29, 1.82) is 5.26 Å². The third-order valence-corrected chi connectivity index (χ3v) is 4.94. The molecule has 2 atom stereocenters. The second-order valence-corrected chi connectivity index (χ2v) is 6.31. The number of rotatable bonds is 3. The maximum Gasteiger partial charge on any atom is 0.242 e. The number of benzene rings is 1. The van der Waals surface area contributed by atoms with E-state index in [1.807, 2.05) is 35.8 Å². The Morgan fingerprint density at radius 2 is 2.17 bits per heavy atom. The summed E-state index contributed by atoms with van der Waals surface area (Å²) in [5.74, 6) is -0.243. The van der Waals surface area contributed by atoms with Crippen molar-refractivity contribution in [2.45, 2.75) is 26.0 Å². The fourth-order valence-electron chi connectivity index (χ4n) is 3.43. The number of aliphatic hydroxyl groups excluding tert-OH is 2. The van der Waals surface area contributed by atoms with Crippen molar-refractivity contribution in [2.24, 2.45) is 5.92 Å². The number of nitriles is 1. The van der Waals surface area contributed by atoms with Gasteiger partial charge in [0.2, 0.25) is 5.91 Å². The summed E-state index contributed by atoms with van der Waals surface area (Å²) in [6, 6.07) is 9.78. The molecular formula is C18H21N3O3. The van der Waals surface area contributed by atoms with E-state index in [0.29, 0.717) is 18.5 Å². The van der Waals surface area contributed by atoms with E-state index < -0.39 is 6.10 Å². The molecule has 0 spiro atoms. The smallest absolute Gasteiger partial charge is 0.242 e. The number of aliphatic hydroxyl groups is 2. The second-order valence-electron chi connectivity index (χ2n) is 6.31. The largest absolute Gasteiger partial charge is 0.396 e. The number of hydrogen-bond acceptors (Lipinski definition) is 4. The maximum atomic E-state index is 12.7. The normalized spacial score (nSPS) is 21.0. The Labute approximate surface area is 140 Å². The molecule has 2 aromatic rings. The van der Waals surface area contributed by atoms with Crippen molar-refractivity contribution in [3.8, 4) is 6.07 Å². The van der Waals surface area contributed by atoms with Crippen LogP contribution in [-0.4, -0.2) is 51.4 Å². The number of fused-ring (bicyclic) bond motifs is 1. The highest BCUT2D eigenvalue weighted by Crippen LogP contribution is 2.25. The van der Waals surface area contributed by atoms with Crippen molar-refractivity contribution in [2.75, 3.05) is 19.7 Å². The summed E-state index contributed by atoms with van der Waals surface area (Å²) >= 11 is 0. The van der Waals surface area contributed by atoms with Gasteiger partial charge >= 0.3 is 0 Å². The van der Waals surface area contributed by atoms with Crippen LogP contribution in [0.15, 0.2) is 24.3 Å². The molecule has 1 amide bonds. The molecule has 6 nitrogen and oxygen atoms in total. The summed E-state index contributed by atoms with van der Waals surface area (Å²) in [6.07, 6.45) is -0.0944. The zero-order chi connectivity index (χ0) is 17.3. The van der Waals surface area contributed by atoms with Gasteiger partial charge in [-0.15, -0.1) is 0 Å². The van der Waals surface area contributed by atoms with Crippen LogP contribution in [0.1, 0.15) is 17.7 Å². The van der Waals surface area contributed by atoms with Crippen LogP contribution in [0.2, 0.25) is 0 Å². The van der Waals surface area contributed by atoms with Crippen molar-refractivity contribution >= 4 is 16.8 Å². The van der Waals surface area contributed by atoms with Gasteiger partial charge in [-0.1, -0.05) is 18.2 Å². The highest BCUT2D eigenvalue weighted by atomic mass is 16.3. The lowest BCUT2D eigenvalue weighted by molar-refractivity contribution is -0.136. The molecule has 0 aliphatic carbocycles. The number of likely N-dealkylation sites (tertiary alicyclic amines) is 1. The minimum Gasteiger partial charge on any atom is -0.396 e. The molecule has 2 N–H and O–H groups in total. The van der Waals surface area contributed by atoms with Crippen molar-refractivity contribution in [3.63, 3.8) is 0 Å². The van der Waals surface area contributed by atoms with Gasteiger partial charge in [0.25, 0.3) is 0 Å². The van der Waals surface area contributed by atoms with Gasteiger partial charge in [0, 0.05) is 36.7 Å². The first kappa shape index (κ1) is 16.5. The van der Waals surface area contributed by atoms with Crippen LogP contribution in [-0.2, 0) is 11.3 Å². The first-order valence-electron chi connectivity index (χ1n) is 8.11. The number of carbonyl (C=O) groups is 1. The molecule has 0 bridgehead atoms. The van der Waals surface area contributed by atoms with E-state index in [1.54, 1.807) is 4.90 Å². The number of β-amino-alcohol motifs (C(OH)–C–C–N with tert-alkyl or cyclic N) is 1. The van der Waals surface area contributed by atoms with Gasteiger partial charge in [0.1, 0.15) is 12.6 Å². The number of piperidine rings is 1. The monoisotopic (exact) mass is 327 g/mol. The average Bonchev–Trinajstić information content (AvgIpc) is 2.86. The van der Waals surface area contributed by atoms with Crippen LogP contribution >= 0.6 is 0 Å². The van der Waals surface area contributed by atoms with Gasteiger partial charge < -0.3 is 19.7 Å². The van der Waals surface area contributed by atoms with Gasteiger partial charge in [0.15, 0.2) is 0 Å². The topological polar surface area (TPSA) is 89.5 Å². The molecule has 1 aliphatic heterocycles. The fourth-order valence-corrected chi connectivity index (χ4v) is 3.43. The predicted molar refractivity (Wildman–Crippen MR) is 89.2 cm³/mol. The van der Waals surface area contributed by atoms with E-state index in [1.165, 1.54) is 0 Å². The molecule has 1 saturated heterocycles. The summed E-state index contributed by atoms with van der Waals surface area (Å²) < 4.78 is 1.86. The third kappa shape index (κ3) is 2.77. The minimum atomic E-state index is -0.690. The van der Waals surface area contributed by atoms with Gasteiger partial charge in [0.05, 0.1) is 17.2 Å². The average molecular weight is 327 g/mol. The molecule has 1 aromatic carbocycles. The Kier molecular flexibility index (Phi) is 4.56. The fraction of sp³-hybridized carbons (Fsp3) is 0.444. The zero-order valence-corrected chi connectivity index (χ0v) is 13.6. The molecular weight excluding hydrogens is 306 g/mol. The van der Waals surface area contributed by atoms with Crippen LogP contribution in [0.3, 0.4) is 0 Å². The molecule has 1 aliphatic rings. The summed E-state index contributed by atoms with van der Waals surface area (Å²) in [5.41, 5.74) is 2.24. The Balaban J connectivity index is 1.84. The second kappa shape index (κ2) is 6.63. The Morgan fingerprint density at radius 1 is 1.42 bits per heavy atom. The number of aromatic nitrogens is 1. The molecule has 1 fully saturated rings. The van der Waals surface area contributed by atoms with Crippen molar-refractivity contribution in [3.05, 3.63) is 35.5 Å². The first-order chi connectivity index (χ1) is 11.6. The van der Waals surface area contributed by atoms with E-state index in [9.17, 15) is 20.3 Å². The number of para-hydroxylation sites is 1. The Morgan fingerprint density at radius 3 is 2.83 bits per heavy atom. The highest BCUT2D eigenvalue weighted by molar-refractivity contribution is 5.89. The van der Waals surface area contributed by atoms with Crippen LogP contribution in [0.5, 0.6) is 0 Å². The first-order valence-corrected chi connectivity index (χ1v) is 8.11. The molecule has 3 rings (SSSR count). The molecule has 0 saturated carbocycles. The summed E-state index contributed by atoms with van der Waals surface area (Å²) in [4.78, 5) is 14.3. The van der Waals surface area contributed by atoms with Gasteiger partial charge in [-0.3, -0.25) is 4.79 Å². The zero-order valence-electron chi connectivity index (χ0n) is 13.6. The quantitative estimate of drug-likeness (QED) is 0.881.